The van der Waals surface area contributed by atoms with Gasteiger partial charge in [0.2, 0.25) is 5.76 Å². The molecule has 0 unspecified atom stereocenters. The van der Waals surface area contributed by atoms with Crippen LogP contribution < -0.4 is 14.3 Å². The van der Waals surface area contributed by atoms with Crippen molar-refractivity contribution in [2.45, 2.75) is 19.9 Å². The molecule has 4 rings (SSSR count). The van der Waals surface area contributed by atoms with Crippen molar-refractivity contribution in [2.24, 2.45) is 4.99 Å². The SMILES string of the molecule is CCCn1c(=NC(=O)c2ccc([N+](=O)[O-])o2)sc2cc3c(cc21)OCCO3. The lowest BCUT2D eigenvalue weighted by atomic mass is 10.2. The van der Waals surface area contributed by atoms with Gasteiger partial charge < -0.3 is 18.5 Å². The molecule has 1 amide bonds. The molecule has 3 aromatic rings. The van der Waals surface area contributed by atoms with Gasteiger partial charge >= 0.3 is 11.8 Å². The van der Waals surface area contributed by atoms with Gasteiger partial charge in [0.25, 0.3) is 0 Å². The number of rotatable bonds is 4. The minimum atomic E-state index is -0.696. The molecule has 0 N–H and O–H groups in total. The number of nitro groups is 1. The Balaban J connectivity index is 1.81. The Morgan fingerprint density at radius 3 is 2.70 bits per heavy atom. The van der Waals surface area contributed by atoms with Crippen LogP contribution in [0.15, 0.2) is 33.7 Å². The number of aromatic nitrogens is 1. The van der Waals surface area contributed by atoms with Gasteiger partial charge in [0.1, 0.15) is 18.1 Å². The molecule has 0 radical (unpaired) electrons. The van der Waals surface area contributed by atoms with E-state index in [1.807, 2.05) is 23.6 Å². The number of amides is 1. The Kier molecular flexibility index (Phi) is 4.40. The second kappa shape index (κ2) is 6.88. The Morgan fingerprint density at radius 2 is 2.04 bits per heavy atom. The Bertz CT molecular complexity index is 1110. The molecule has 0 bridgehead atoms. The first-order chi connectivity index (χ1) is 13.1. The molecular weight excluding hydrogens is 374 g/mol. The van der Waals surface area contributed by atoms with Crippen molar-refractivity contribution in [2.75, 3.05) is 13.2 Å². The summed E-state index contributed by atoms with van der Waals surface area (Å²) in [5.74, 6) is -0.00707. The summed E-state index contributed by atoms with van der Waals surface area (Å²) in [5, 5.41) is 10.7. The molecule has 1 aromatic carbocycles. The summed E-state index contributed by atoms with van der Waals surface area (Å²) in [6, 6.07) is 6.15. The minimum absolute atomic E-state index is 0.173. The zero-order valence-corrected chi connectivity index (χ0v) is 15.2. The summed E-state index contributed by atoms with van der Waals surface area (Å²) < 4.78 is 19.0. The van der Waals surface area contributed by atoms with Crippen LogP contribution >= 0.6 is 11.3 Å². The number of carbonyl (C=O) groups excluding carboxylic acids is 1. The second-order valence-corrected chi connectivity index (χ2v) is 6.82. The lowest BCUT2D eigenvalue weighted by Crippen LogP contribution is -2.17. The van der Waals surface area contributed by atoms with E-state index < -0.39 is 16.7 Å². The molecule has 10 heteroatoms. The van der Waals surface area contributed by atoms with Crippen LogP contribution in [0, 0.1) is 10.1 Å². The quantitative estimate of drug-likeness (QED) is 0.501. The van der Waals surface area contributed by atoms with Gasteiger partial charge in [0.05, 0.1) is 16.3 Å². The first-order valence-electron chi connectivity index (χ1n) is 8.33. The zero-order valence-electron chi connectivity index (χ0n) is 14.3. The van der Waals surface area contributed by atoms with Crippen LogP contribution in [0.5, 0.6) is 11.5 Å². The molecule has 3 heterocycles. The summed E-state index contributed by atoms with van der Waals surface area (Å²) in [4.78, 5) is 27.0. The number of thiazole rings is 1. The van der Waals surface area contributed by atoms with Gasteiger partial charge in [-0.15, -0.1) is 0 Å². The summed E-state index contributed by atoms with van der Waals surface area (Å²) in [6.45, 7) is 3.66. The van der Waals surface area contributed by atoms with E-state index in [1.54, 1.807) is 0 Å². The van der Waals surface area contributed by atoms with Crippen LogP contribution in [0.1, 0.15) is 23.9 Å². The Labute approximate surface area is 156 Å². The first kappa shape index (κ1) is 17.3. The lowest BCUT2D eigenvalue weighted by molar-refractivity contribution is -0.402. The molecule has 0 fully saturated rings. The van der Waals surface area contributed by atoms with Crippen LogP contribution in [-0.2, 0) is 6.54 Å². The van der Waals surface area contributed by atoms with Crippen molar-refractivity contribution in [3.8, 4) is 11.5 Å². The number of benzene rings is 1. The van der Waals surface area contributed by atoms with E-state index in [0.717, 1.165) is 22.7 Å². The number of aryl methyl sites for hydroxylation is 1. The van der Waals surface area contributed by atoms with Crippen molar-refractivity contribution in [1.82, 2.24) is 4.57 Å². The fourth-order valence-electron chi connectivity index (χ4n) is 2.81. The summed E-state index contributed by atoms with van der Waals surface area (Å²) >= 11 is 1.34. The molecular formula is C17H15N3O6S. The fourth-order valence-corrected chi connectivity index (χ4v) is 3.88. The number of ether oxygens (including phenoxy) is 2. The highest BCUT2D eigenvalue weighted by Gasteiger charge is 2.19. The molecule has 9 nitrogen and oxygen atoms in total. The van der Waals surface area contributed by atoms with Gasteiger partial charge in [-0.2, -0.15) is 4.99 Å². The molecule has 0 atom stereocenters. The molecule has 1 aliphatic heterocycles. The zero-order chi connectivity index (χ0) is 19.0. The molecule has 0 saturated carbocycles. The van der Waals surface area contributed by atoms with Gasteiger partial charge in [-0.05, 0) is 12.5 Å². The van der Waals surface area contributed by atoms with Crippen LogP contribution in [0.25, 0.3) is 10.2 Å². The van der Waals surface area contributed by atoms with Gasteiger partial charge in [-0.1, -0.05) is 18.3 Å². The van der Waals surface area contributed by atoms with Crippen LogP contribution in [0.3, 0.4) is 0 Å². The van der Waals surface area contributed by atoms with E-state index in [9.17, 15) is 14.9 Å². The van der Waals surface area contributed by atoms with Crippen LogP contribution in [-0.4, -0.2) is 28.6 Å². The van der Waals surface area contributed by atoms with Gasteiger partial charge in [0.15, 0.2) is 16.3 Å². The van der Waals surface area contributed by atoms with E-state index >= 15 is 0 Å². The maximum atomic E-state index is 12.4. The van der Waals surface area contributed by atoms with E-state index in [2.05, 4.69) is 4.99 Å². The molecule has 1 aliphatic rings. The summed E-state index contributed by atoms with van der Waals surface area (Å²) in [6.07, 6.45) is 0.841. The van der Waals surface area contributed by atoms with Crippen molar-refractivity contribution < 1.29 is 23.6 Å². The lowest BCUT2D eigenvalue weighted by Gasteiger charge is -2.18. The number of furan rings is 1. The minimum Gasteiger partial charge on any atom is -0.486 e. The van der Waals surface area contributed by atoms with E-state index in [4.69, 9.17) is 13.9 Å². The van der Waals surface area contributed by atoms with Crippen molar-refractivity contribution in [1.29, 1.82) is 0 Å². The van der Waals surface area contributed by atoms with Crippen molar-refractivity contribution in [3.05, 3.63) is 44.9 Å². The highest BCUT2D eigenvalue weighted by molar-refractivity contribution is 7.16. The van der Waals surface area contributed by atoms with Crippen molar-refractivity contribution in [3.63, 3.8) is 0 Å². The predicted molar refractivity (Wildman–Crippen MR) is 96.4 cm³/mol. The molecule has 2 aromatic heterocycles. The summed E-state index contributed by atoms with van der Waals surface area (Å²) in [7, 11) is 0. The number of nitrogens with zero attached hydrogens (tertiary/aromatic N) is 3. The van der Waals surface area contributed by atoms with E-state index in [-0.39, 0.29) is 5.76 Å². The highest BCUT2D eigenvalue weighted by atomic mass is 32.1. The summed E-state index contributed by atoms with van der Waals surface area (Å²) in [5.41, 5.74) is 0.892. The second-order valence-electron chi connectivity index (χ2n) is 5.81. The normalized spacial score (nSPS) is 13.9. The number of hydrogen-bond donors (Lipinski definition) is 0. The van der Waals surface area contributed by atoms with E-state index in [0.29, 0.717) is 36.1 Å². The molecule has 0 aliphatic carbocycles. The smallest absolute Gasteiger partial charge is 0.433 e. The third kappa shape index (κ3) is 3.19. The van der Waals surface area contributed by atoms with Crippen molar-refractivity contribution >= 4 is 33.3 Å². The molecule has 140 valence electrons. The van der Waals surface area contributed by atoms with Crippen LogP contribution in [0.4, 0.5) is 5.88 Å². The van der Waals surface area contributed by atoms with E-state index in [1.165, 1.54) is 17.4 Å². The van der Waals surface area contributed by atoms with Gasteiger partial charge in [-0.25, -0.2) is 0 Å². The number of carbonyl (C=O) groups is 1. The average Bonchev–Trinajstić information content (AvgIpc) is 3.26. The third-order valence-corrected chi connectivity index (χ3v) is 5.01. The largest absolute Gasteiger partial charge is 0.486 e. The highest BCUT2D eigenvalue weighted by Crippen LogP contribution is 2.35. The standard InChI is InChI=1S/C17H15N3O6S/c1-2-5-19-10-8-12-13(25-7-6-24-12)9-14(10)27-17(19)18-16(21)11-3-4-15(26-11)20(22)23/h3-4,8-9H,2,5-7H2,1H3. The maximum Gasteiger partial charge on any atom is 0.433 e. The van der Waals surface area contributed by atoms with Gasteiger partial charge in [0, 0.05) is 18.7 Å². The maximum absolute atomic E-state index is 12.4. The van der Waals surface area contributed by atoms with Gasteiger partial charge in [-0.3, -0.25) is 14.9 Å². The average molecular weight is 389 g/mol. The van der Waals surface area contributed by atoms with Crippen LogP contribution in [0.2, 0.25) is 0 Å². The number of hydrogen-bond acceptors (Lipinski definition) is 7. The molecule has 0 spiro atoms. The number of fused-ring (bicyclic) bond motifs is 2. The first-order valence-corrected chi connectivity index (χ1v) is 9.14. The molecule has 0 saturated heterocycles. The Hall–Kier alpha value is -3.14. The Morgan fingerprint density at radius 1 is 1.30 bits per heavy atom. The third-order valence-electron chi connectivity index (χ3n) is 3.97. The molecule has 27 heavy (non-hydrogen) atoms. The monoisotopic (exact) mass is 389 g/mol. The predicted octanol–water partition coefficient (Wildman–Crippen LogP) is 3.13. The topological polar surface area (TPSA) is 109 Å². The fraction of sp³-hybridized carbons (Fsp3) is 0.294.